The van der Waals surface area contributed by atoms with E-state index in [1.165, 1.54) is 32.1 Å². The molecule has 216 valence electrons. The fourth-order valence-corrected chi connectivity index (χ4v) is 8.39. The third kappa shape index (κ3) is 5.94. The van der Waals surface area contributed by atoms with Crippen LogP contribution in [0.5, 0.6) is 5.75 Å². The number of carbonyl (C=O) groups excluding carboxylic acids is 1. The maximum atomic E-state index is 14.5. The third-order valence-corrected chi connectivity index (χ3v) is 10.00. The van der Waals surface area contributed by atoms with Crippen LogP contribution in [-0.2, 0) is 17.8 Å². The first-order chi connectivity index (χ1) is 19.3. The molecule has 1 atom stereocenters. The second-order valence-corrected chi connectivity index (χ2v) is 12.9. The summed E-state index contributed by atoms with van der Waals surface area (Å²) in [6, 6.07) is 13.8. The van der Waals surface area contributed by atoms with Crippen LogP contribution in [-0.4, -0.2) is 34.0 Å². The molecule has 0 radical (unpaired) electrons. The molecule has 1 unspecified atom stereocenters. The molecule has 1 amide bonds. The average Bonchev–Trinajstić information content (AvgIpc) is 2.94. The molecule has 0 aliphatic heterocycles. The van der Waals surface area contributed by atoms with Crippen molar-refractivity contribution in [2.75, 3.05) is 6.61 Å². The van der Waals surface area contributed by atoms with Crippen molar-refractivity contribution in [2.45, 2.75) is 109 Å². The van der Waals surface area contributed by atoms with Gasteiger partial charge in [0.1, 0.15) is 5.75 Å². The van der Waals surface area contributed by atoms with Gasteiger partial charge in [0, 0.05) is 17.6 Å². The highest BCUT2D eigenvalue weighted by molar-refractivity contribution is 5.95. The monoisotopic (exact) mass is 545 g/mol. The van der Waals surface area contributed by atoms with Gasteiger partial charge in [0.2, 0.25) is 0 Å². The molecular weight excluding hydrogens is 498 g/mol. The summed E-state index contributed by atoms with van der Waals surface area (Å²) < 4.78 is 6.07. The molecule has 4 aliphatic rings. The number of nitrogens with zero attached hydrogens (tertiary/aromatic N) is 1. The van der Waals surface area contributed by atoms with Crippen LogP contribution in [0.3, 0.4) is 0 Å². The summed E-state index contributed by atoms with van der Waals surface area (Å²) in [5.41, 5.74) is 3.59. The van der Waals surface area contributed by atoms with Gasteiger partial charge >= 0.3 is 5.97 Å². The van der Waals surface area contributed by atoms with E-state index in [9.17, 15) is 14.7 Å². The van der Waals surface area contributed by atoms with Crippen LogP contribution in [0.15, 0.2) is 42.5 Å². The number of amides is 1. The lowest BCUT2D eigenvalue weighted by molar-refractivity contribution is -0.138. The van der Waals surface area contributed by atoms with Gasteiger partial charge in [-0.2, -0.15) is 0 Å². The molecule has 5 heteroatoms. The first-order valence-electron chi connectivity index (χ1n) is 15.7. The lowest BCUT2D eigenvalue weighted by Gasteiger charge is -2.60. The van der Waals surface area contributed by atoms with Crippen LogP contribution in [0.2, 0.25) is 0 Å². The number of unbranched alkanes of at least 4 members (excludes halogenated alkanes) is 3. The van der Waals surface area contributed by atoms with Gasteiger partial charge in [0.05, 0.1) is 12.5 Å². The van der Waals surface area contributed by atoms with Crippen LogP contribution in [0.1, 0.15) is 118 Å². The number of hydrogen-bond acceptors (Lipinski definition) is 3. The maximum Gasteiger partial charge on any atom is 0.310 e. The largest absolute Gasteiger partial charge is 0.494 e. The van der Waals surface area contributed by atoms with E-state index in [-0.39, 0.29) is 11.4 Å². The second kappa shape index (κ2) is 12.4. The third-order valence-electron chi connectivity index (χ3n) is 10.00. The predicted molar refractivity (Wildman–Crippen MR) is 159 cm³/mol. The Morgan fingerprint density at radius 2 is 1.65 bits per heavy atom. The van der Waals surface area contributed by atoms with E-state index in [0.29, 0.717) is 36.5 Å². The summed E-state index contributed by atoms with van der Waals surface area (Å²) in [6.45, 7) is 7.25. The number of hydrogen-bond donors (Lipinski definition) is 1. The van der Waals surface area contributed by atoms with Crippen LogP contribution in [0.4, 0.5) is 0 Å². The Morgan fingerprint density at radius 1 is 0.975 bits per heavy atom. The number of rotatable bonds is 13. The fraction of sp³-hybridized carbons (Fsp3) is 0.600. The van der Waals surface area contributed by atoms with Crippen molar-refractivity contribution in [1.82, 2.24) is 4.90 Å². The summed E-state index contributed by atoms with van der Waals surface area (Å²) in [5.74, 6) is 1.59. The predicted octanol–water partition coefficient (Wildman–Crippen LogP) is 8.01. The van der Waals surface area contributed by atoms with Gasteiger partial charge in [-0.25, -0.2) is 0 Å². The van der Waals surface area contributed by atoms with Crippen molar-refractivity contribution < 1.29 is 19.4 Å². The highest BCUT2D eigenvalue weighted by Crippen LogP contribution is 2.58. The molecule has 5 nitrogen and oxygen atoms in total. The molecule has 0 saturated heterocycles. The molecule has 0 aromatic heterocycles. The first-order valence-corrected chi connectivity index (χ1v) is 15.7. The minimum absolute atomic E-state index is 0.0807. The van der Waals surface area contributed by atoms with Crippen molar-refractivity contribution in [3.8, 4) is 5.75 Å². The van der Waals surface area contributed by atoms with Crippen molar-refractivity contribution in [3.05, 3.63) is 64.7 Å². The molecule has 40 heavy (non-hydrogen) atoms. The molecule has 4 bridgehead atoms. The Labute approximate surface area is 240 Å². The van der Waals surface area contributed by atoms with E-state index in [1.54, 1.807) is 6.92 Å². The van der Waals surface area contributed by atoms with Gasteiger partial charge in [-0.05, 0) is 111 Å². The zero-order chi connectivity index (χ0) is 28.3. The quantitative estimate of drug-likeness (QED) is 0.259. The van der Waals surface area contributed by atoms with Crippen LogP contribution in [0.25, 0.3) is 0 Å². The minimum Gasteiger partial charge on any atom is -0.494 e. The zero-order valence-electron chi connectivity index (χ0n) is 24.7. The normalized spacial score (nSPS) is 25.5. The minimum atomic E-state index is -0.813. The van der Waals surface area contributed by atoms with Gasteiger partial charge in [-0.15, -0.1) is 0 Å². The van der Waals surface area contributed by atoms with Gasteiger partial charge < -0.3 is 14.7 Å². The van der Waals surface area contributed by atoms with E-state index in [4.69, 9.17) is 4.74 Å². The molecule has 2 aromatic rings. The Morgan fingerprint density at radius 3 is 2.27 bits per heavy atom. The van der Waals surface area contributed by atoms with Crippen LogP contribution in [0, 0.1) is 17.8 Å². The first kappa shape index (κ1) is 28.7. The Balaban J connectivity index is 1.47. The molecule has 0 spiro atoms. The molecule has 1 N–H and O–H groups in total. The SMILES string of the molecule is CCCCCCOc1cccc(C(=O)N(Cc2cccc(C(C)C(=O)O)c2CC)C23CC4CC(CC(C4)C2)C3)c1. The summed E-state index contributed by atoms with van der Waals surface area (Å²) in [6.07, 6.45) is 12.5. The number of aliphatic carboxylic acids is 1. The second-order valence-electron chi connectivity index (χ2n) is 12.9. The van der Waals surface area contributed by atoms with Crippen molar-refractivity contribution in [3.63, 3.8) is 0 Å². The van der Waals surface area contributed by atoms with Gasteiger partial charge in [-0.3, -0.25) is 9.59 Å². The Hall–Kier alpha value is -2.82. The lowest BCUT2D eigenvalue weighted by atomic mass is 9.52. The molecule has 6 rings (SSSR count). The summed E-state index contributed by atoms with van der Waals surface area (Å²) in [7, 11) is 0. The Kier molecular flexibility index (Phi) is 8.87. The van der Waals surface area contributed by atoms with Gasteiger partial charge in [-0.1, -0.05) is 57.4 Å². The molecule has 0 heterocycles. The van der Waals surface area contributed by atoms with Gasteiger partial charge in [0.25, 0.3) is 5.91 Å². The average molecular weight is 546 g/mol. The van der Waals surface area contributed by atoms with Crippen LogP contribution >= 0.6 is 0 Å². The number of carbonyl (C=O) groups is 2. The fourth-order valence-electron chi connectivity index (χ4n) is 8.39. The van der Waals surface area contributed by atoms with E-state index >= 15 is 0 Å². The summed E-state index contributed by atoms with van der Waals surface area (Å²) in [5, 5.41) is 9.77. The molecule has 4 saturated carbocycles. The van der Waals surface area contributed by atoms with Crippen molar-refractivity contribution in [2.24, 2.45) is 17.8 Å². The standard InChI is InChI=1S/C35H47NO4/c1-4-6-7-8-15-40-30-13-9-11-28(19-30)33(37)36(35-20-25-16-26(21-35)18-27(17-25)22-35)23-29-12-10-14-32(31(29)5-2)24(3)34(38)39/h9-14,19,24-27H,4-8,15-18,20-23H2,1-3H3,(H,38,39). The molecule has 2 aromatic carbocycles. The van der Waals surface area contributed by atoms with Crippen molar-refractivity contribution in [1.29, 1.82) is 0 Å². The highest BCUT2D eigenvalue weighted by atomic mass is 16.5. The van der Waals surface area contributed by atoms with Crippen LogP contribution < -0.4 is 4.74 Å². The number of benzene rings is 2. The lowest BCUT2D eigenvalue weighted by Crippen LogP contribution is -2.61. The number of ether oxygens (including phenoxy) is 1. The van der Waals surface area contributed by atoms with E-state index in [2.05, 4.69) is 24.8 Å². The summed E-state index contributed by atoms with van der Waals surface area (Å²) >= 11 is 0. The number of carboxylic acids is 1. The maximum absolute atomic E-state index is 14.5. The zero-order valence-corrected chi connectivity index (χ0v) is 24.7. The smallest absolute Gasteiger partial charge is 0.310 e. The van der Waals surface area contributed by atoms with Crippen molar-refractivity contribution >= 4 is 11.9 Å². The van der Waals surface area contributed by atoms with E-state index in [0.717, 1.165) is 61.0 Å². The number of carboxylic acid groups (broad SMARTS) is 1. The molecule has 4 fully saturated rings. The Bertz CT molecular complexity index is 1170. The molecule has 4 aliphatic carbocycles. The summed E-state index contributed by atoms with van der Waals surface area (Å²) in [4.78, 5) is 28.7. The molecular formula is C35H47NO4. The van der Waals surface area contributed by atoms with E-state index < -0.39 is 11.9 Å². The van der Waals surface area contributed by atoms with Gasteiger partial charge in [0.15, 0.2) is 0 Å². The topological polar surface area (TPSA) is 66.8 Å². The highest BCUT2D eigenvalue weighted by Gasteiger charge is 2.54. The van der Waals surface area contributed by atoms with E-state index in [1.807, 2.05) is 36.4 Å².